The molecule has 0 aliphatic heterocycles. The smallest absolute Gasteiger partial charge is 0.213 e. The number of aromatic nitrogens is 1. The molecule has 1 rings (SSSR count). The summed E-state index contributed by atoms with van der Waals surface area (Å²) in [6.07, 6.45) is 6.51. The third-order valence-corrected chi connectivity index (χ3v) is 3.52. The third-order valence-electron chi connectivity index (χ3n) is 3.52. The van der Waals surface area contributed by atoms with Crippen molar-refractivity contribution in [2.45, 2.75) is 72.4 Å². The Morgan fingerprint density at radius 3 is 2.65 bits per heavy atom. The molecule has 0 saturated heterocycles. The van der Waals surface area contributed by atoms with Gasteiger partial charge in [-0.1, -0.05) is 39.2 Å². The Balaban J connectivity index is 2.41. The molecular formula is C17H30N2O. The van der Waals surface area contributed by atoms with Crippen molar-refractivity contribution >= 4 is 0 Å². The number of aryl methyl sites for hydroxylation is 1. The molecule has 0 aromatic carbocycles. The summed E-state index contributed by atoms with van der Waals surface area (Å²) in [6, 6.07) is 4.10. The van der Waals surface area contributed by atoms with Gasteiger partial charge in [-0.25, -0.2) is 4.98 Å². The Hall–Kier alpha value is -1.09. The van der Waals surface area contributed by atoms with Crippen molar-refractivity contribution in [2.75, 3.05) is 6.54 Å². The van der Waals surface area contributed by atoms with Gasteiger partial charge in [0.2, 0.25) is 5.88 Å². The van der Waals surface area contributed by atoms with Crippen LogP contribution in [0.15, 0.2) is 12.1 Å². The average molecular weight is 278 g/mol. The molecule has 1 N–H and O–H groups in total. The quantitative estimate of drug-likeness (QED) is 0.650. The molecule has 1 aromatic heterocycles. The Bertz CT molecular complexity index is 379. The van der Waals surface area contributed by atoms with Crippen molar-refractivity contribution in [2.24, 2.45) is 0 Å². The Labute approximate surface area is 124 Å². The largest absolute Gasteiger partial charge is 0.475 e. The van der Waals surface area contributed by atoms with Crippen LogP contribution >= 0.6 is 0 Å². The fourth-order valence-electron chi connectivity index (χ4n) is 2.20. The zero-order chi connectivity index (χ0) is 14.8. The van der Waals surface area contributed by atoms with E-state index < -0.39 is 0 Å². The molecule has 1 unspecified atom stereocenters. The predicted octanol–water partition coefficient (Wildman–Crippen LogP) is 4.24. The molecule has 0 amide bonds. The fraction of sp³-hybridized carbons (Fsp3) is 0.706. The lowest BCUT2D eigenvalue weighted by atomic mass is 10.1. The lowest BCUT2D eigenvalue weighted by Crippen LogP contribution is -2.15. The topological polar surface area (TPSA) is 34.1 Å². The zero-order valence-corrected chi connectivity index (χ0v) is 13.5. The Kier molecular flexibility index (Phi) is 8.28. The lowest BCUT2D eigenvalue weighted by molar-refractivity contribution is 0.198. The van der Waals surface area contributed by atoms with E-state index in [1.54, 1.807) is 0 Å². The van der Waals surface area contributed by atoms with Crippen LogP contribution in [0.1, 0.15) is 64.1 Å². The highest BCUT2D eigenvalue weighted by Crippen LogP contribution is 2.16. The van der Waals surface area contributed by atoms with Crippen LogP contribution in [0.4, 0.5) is 0 Å². The maximum absolute atomic E-state index is 5.90. The number of ether oxygens (including phenoxy) is 1. The second-order valence-electron chi connectivity index (χ2n) is 5.45. The Morgan fingerprint density at radius 2 is 2.00 bits per heavy atom. The van der Waals surface area contributed by atoms with Gasteiger partial charge < -0.3 is 10.1 Å². The van der Waals surface area contributed by atoms with Crippen molar-refractivity contribution in [3.8, 4) is 5.88 Å². The highest BCUT2D eigenvalue weighted by atomic mass is 16.5. The number of rotatable bonds is 10. The van der Waals surface area contributed by atoms with Crippen LogP contribution in [-0.2, 0) is 6.54 Å². The molecule has 0 fully saturated rings. The molecule has 0 saturated carbocycles. The maximum atomic E-state index is 5.90. The van der Waals surface area contributed by atoms with Gasteiger partial charge in [0.25, 0.3) is 0 Å². The summed E-state index contributed by atoms with van der Waals surface area (Å²) in [4.78, 5) is 4.55. The van der Waals surface area contributed by atoms with Crippen LogP contribution in [0.3, 0.4) is 0 Å². The van der Waals surface area contributed by atoms with Crippen molar-refractivity contribution in [1.29, 1.82) is 0 Å². The predicted molar refractivity (Wildman–Crippen MR) is 85.2 cm³/mol. The van der Waals surface area contributed by atoms with Gasteiger partial charge in [-0.15, -0.1) is 0 Å². The van der Waals surface area contributed by atoms with E-state index in [0.29, 0.717) is 0 Å². The van der Waals surface area contributed by atoms with Gasteiger partial charge in [0, 0.05) is 18.3 Å². The lowest BCUT2D eigenvalue weighted by Gasteiger charge is -2.15. The van der Waals surface area contributed by atoms with Crippen molar-refractivity contribution < 1.29 is 4.74 Å². The van der Waals surface area contributed by atoms with Gasteiger partial charge in [0.15, 0.2) is 0 Å². The molecule has 0 radical (unpaired) electrons. The van der Waals surface area contributed by atoms with E-state index in [9.17, 15) is 0 Å². The number of nitrogens with one attached hydrogen (secondary N) is 1. The van der Waals surface area contributed by atoms with E-state index in [4.69, 9.17) is 4.74 Å². The number of hydrogen-bond donors (Lipinski definition) is 1. The summed E-state index contributed by atoms with van der Waals surface area (Å²) < 4.78 is 5.90. The van der Waals surface area contributed by atoms with E-state index in [1.807, 2.05) is 13.0 Å². The van der Waals surface area contributed by atoms with Crippen LogP contribution in [-0.4, -0.2) is 17.6 Å². The summed E-state index contributed by atoms with van der Waals surface area (Å²) in [5.74, 6) is 0.755. The summed E-state index contributed by atoms with van der Waals surface area (Å²) >= 11 is 0. The van der Waals surface area contributed by atoms with Crippen LogP contribution in [0.5, 0.6) is 5.88 Å². The minimum Gasteiger partial charge on any atom is -0.475 e. The molecule has 20 heavy (non-hydrogen) atoms. The molecule has 0 spiro atoms. The SMILES string of the molecule is CCCCCCC(C)Oc1ccc(CNCC)c(C)n1. The van der Waals surface area contributed by atoms with Crippen LogP contribution in [0.2, 0.25) is 0 Å². The molecule has 1 aromatic rings. The number of hydrogen-bond acceptors (Lipinski definition) is 3. The third kappa shape index (κ3) is 6.38. The minimum absolute atomic E-state index is 0.248. The van der Waals surface area contributed by atoms with Crippen molar-refractivity contribution in [3.05, 3.63) is 23.4 Å². The molecule has 114 valence electrons. The van der Waals surface area contributed by atoms with Gasteiger partial charge in [-0.3, -0.25) is 0 Å². The second-order valence-corrected chi connectivity index (χ2v) is 5.45. The maximum Gasteiger partial charge on any atom is 0.213 e. The highest BCUT2D eigenvalue weighted by molar-refractivity contribution is 5.24. The first-order valence-corrected chi connectivity index (χ1v) is 8.01. The zero-order valence-electron chi connectivity index (χ0n) is 13.5. The average Bonchev–Trinajstić information content (AvgIpc) is 2.43. The normalized spacial score (nSPS) is 12.4. The fourth-order valence-corrected chi connectivity index (χ4v) is 2.20. The summed E-state index contributed by atoms with van der Waals surface area (Å²) in [5, 5.41) is 3.32. The van der Waals surface area contributed by atoms with Gasteiger partial charge >= 0.3 is 0 Å². The van der Waals surface area contributed by atoms with E-state index in [0.717, 1.165) is 31.1 Å². The van der Waals surface area contributed by atoms with Gasteiger partial charge in [-0.05, 0) is 38.8 Å². The molecule has 0 aliphatic rings. The Morgan fingerprint density at radius 1 is 1.20 bits per heavy atom. The molecule has 0 aliphatic carbocycles. The number of unbranched alkanes of at least 4 members (excludes halogenated alkanes) is 3. The van der Waals surface area contributed by atoms with Crippen LogP contribution in [0, 0.1) is 6.92 Å². The molecule has 1 atom stereocenters. The first kappa shape index (κ1) is 17.0. The standard InChI is InChI=1S/C17H30N2O/c1-5-7-8-9-10-14(3)20-17-12-11-16(13-18-6-2)15(4)19-17/h11-12,14,18H,5-10,13H2,1-4H3. The number of pyridine rings is 1. The molecular weight excluding hydrogens is 248 g/mol. The molecule has 3 nitrogen and oxygen atoms in total. The number of nitrogens with zero attached hydrogens (tertiary/aromatic N) is 1. The molecule has 3 heteroatoms. The molecule has 1 heterocycles. The van der Waals surface area contributed by atoms with E-state index in [1.165, 1.54) is 31.2 Å². The van der Waals surface area contributed by atoms with Crippen LogP contribution in [0.25, 0.3) is 0 Å². The van der Waals surface area contributed by atoms with Gasteiger partial charge in [0.05, 0.1) is 6.10 Å². The molecule has 0 bridgehead atoms. The monoisotopic (exact) mass is 278 g/mol. The first-order valence-electron chi connectivity index (χ1n) is 8.01. The summed E-state index contributed by atoms with van der Waals surface area (Å²) in [7, 11) is 0. The van der Waals surface area contributed by atoms with E-state index in [2.05, 4.69) is 37.1 Å². The van der Waals surface area contributed by atoms with Gasteiger partial charge in [-0.2, -0.15) is 0 Å². The van der Waals surface area contributed by atoms with E-state index >= 15 is 0 Å². The highest BCUT2D eigenvalue weighted by Gasteiger charge is 2.07. The summed E-state index contributed by atoms with van der Waals surface area (Å²) in [6.45, 7) is 10.4. The first-order chi connectivity index (χ1) is 9.67. The van der Waals surface area contributed by atoms with Crippen molar-refractivity contribution in [1.82, 2.24) is 10.3 Å². The van der Waals surface area contributed by atoms with E-state index in [-0.39, 0.29) is 6.10 Å². The second kappa shape index (κ2) is 9.76. The van der Waals surface area contributed by atoms with Crippen LogP contribution < -0.4 is 10.1 Å². The summed E-state index contributed by atoms with van der Waals surface area (Å²) in [5.41, 5.74) is 2.30. The van der Waals surface area contributed by atoms with Gasteiger partial charge in [0.1, 0.15) is 0 Å². The van der Waals surface area contributed by atoms with Crippen molar-refractivity contribution in [3.63, 3.8) is 0 Å². The minimum atomic E-state index is 0.248.